The van der Waals surface area contributed by atoms with Crippen molar-refractivity contribution in [2.75, 3.05) is 6.61 Å². The van der Waals surface area contributed by atoms with Crippen molar-refractivity contribution in [3.8, 4) is 0 Å². The van der Waals surface area contributed by atoms with Crippen molar-refractivity contribution < 1.29 is 14.0 Å². The lowest BCUT2D eigenvalue weighted by Gasteiger charge is -2.01. The molecule has 0 atom stereocenters. The lowest BCUT2D eigenvalue weighted by Crippen LogP contribution is -1.96. The second kappa shape index (κ2) is 6.63. The number of hydrogen-bond acceptors (Lipinski definition) is 4. The van der Waals surface area contributed by atoms with E-state index in [0.29, 0.717) is 35.1 Å². The Bertz CT molecular complexity index is 525. The normalized spacial score (nSPS) is 10.9. The van der Waals surface area contributed by atoms with E-state index in [0.717, 1.165) is 6.42 Å². The van der Waals surface area contributed by atoms with E-state index in [-0.39, 0.29) is 18.8 Å². The van der Waals surface area contributed by atoms with Crippen LogP contribution >= 0.6 is 11.6 Å². The standard InChI is InChI=1S/C13H14ClFN2O2/c14-10-4-3-5-11(15)9(10)8-12-16-13(19-17-12)6-1-2-7-18/h3-5,18H,1-2,6-8H2. The van der Waals surface area contributed by atoms with Gasteiger partial charge in [0.15, 0.2) is 5.82 Å². The van der Waals surface area contributed by atoms with Gasteiger partial charge >= 0.3 is 0 Å². The Balaban J connectivity index is 2.03. The molecule has 1 N–H and O–H groups in total. The van der Waals surface area contributed by atoms with Crippen molar-refractivity contribution in [2.45, 2.75) is 25.7 Å². The molecule has 0 radical (unpaired) electrons. The maximum Gasteiger partial charge on any atom is 0.226 e. The van der Waals surface area contributed by atoms with Crippen molar-refractivity contribution in [1.29, 1.82) is 0 Å². The Morgan fingerprint density at radius 3 is 2.89 bits per heavy atom. The molecule has 0 bridgehead atoms. The monoisotopic (exact) mass is 284 g/mol. The minimum atomic E-state index is -0.376. The van der Waals surface area contributed by atoms with Gasteiger partial charge < -0.3 is 9.63 Å². The van der Waals surface area contributed by atoms with E-state index in [9.17, 15) is 4.39 Å². The first-order valence-corrected chi connectivity index (χ1v) is 6.43. The summed E-state index contributed by atoms with van der Waals surface area (Å²) in [7, 11) is 0. The van der Waals surface area contributed by atoms with Gasteiger partial charge in [-0.1, -0.05) is 22.8 Å². The fourth-order valence-corrected chi connectivity index (χ4v) is 1.94. The van der Waals surface area contributed by atoms with E-state index in [1.54, 1.807) is 12.1 Å². The highest BCUT2D eigenvalue weighted by atomic mass is 35.5. The number of benzene rings is 1. The van der Waals surface area contributed by atoms with Gasteiger partial charge in [0.2, 0.25) is 5.89 Å². The van der Waals surface area contributed by atoms with Crippen LogP contribution in [-0.2, 0) is 12.8 Å². The molecule has 0 amide bonds. The highest BCUT2D eigenvalue weighted by molar-refractivity contribution is 6.31. The topological polar surface area (TPSA) is 59.2 Å². The second-order valence-corrected chi connectivity index (χ2v) is 4.57. The van der Waals surface area contributed by atoms with Crippen LogP contribution in [0.5, 0.6) is 0 Å². The molecule has 0 saturated carbocycles. The number of nitrogens with zero attached hydrogens (tertiary/aromatic N) is 2. The van der Waals surface area contributed by atoms with Crippen LogP contribution in [0.15, 0.2) is 22.7 Å². The largest absolute Gasteiger partial charge is 0.396 e. The van der Waals surface area contributed by atoms with E-state index in [2.05, 4.69) is 10.1 Å². The maximum atomic E-state index is 13.6. The number of aliphatic hydroxyl groups excluding tert-OH is 1. The molecule has 0 aliphatic carbocycles. The fourth-order valence-electron chi connectivity index (χ4n) is 1.71. The Kier molecular flexibility index (Phi) is 4.87. The van der Waals surface area contributed by atoms with E-state index < -0.39 is 0 Å². The molecule has 0 spiro atoms. The summed E-state index contributed by atoms with van der Waals surface area (Å²) in [5, 5.41) is 12.8. The third kappa shape index (κ3) is 3.75. The van der Waals surface area contributed by atoms with Gasteiger partial charge in [-0.25, -0.2) is 4.39 Å². The van der Waals surface area contributed by atoms with Gasteiger partial charge in [0.05, 0.1) is 0 Å². The summed E-state index contributed by atoms with van der Waals surface area (Å²) in [4.78, 5) is 4.17. The predicted molar refractivity (Wildman–Crippen MR) is 68.5 cm³/mol. The van der Waals surface area contributed by atoms with Crippen LogP contribution < -0.4 is 0 Å². The molecule has 2 aromatic rings. The zero-order valence-corrected chi connectivity index (χ0v) is 11.0. The first kappa shape index (κ1) is 14.0. The minimum Gasteiger partial charge on any atom is -0.396 e. The summed E-state index contributed by atoms with van der Waals surface area (Å²) in [6.07, 6.45) is 2.28. The summed E-state index contributed by atoms with van der Waals surface area (Å²) in [6, 6.07) is 4.53. The van der Waals surface area contributed by atoms with E-state index in [4.69, 9.17) is 21.2 Å². The van der Waals surface area contributed by atoms with Crippen LogP contribution in [0.2, 0.25) is 5.02 Å². The molecule has 0 unspecified atom stereocenters. The smallest absolute Gasteiger partial charge is 0.226 e. The van der Waals surface area contributed by atoms with Crippen molar-refractivity contribution >= 4 is 11.6 Å². The molecule has 6 heteroatoms. The Hall–Kier alpha value is -1.46. The predicted octanol–water partition coefficient (Wildman–Crippen LogP) is 2.77. The highest BCUT2D eigenvalue weighted by Crippen LogP contribution is 2.21. The molecule has 0 saturated heterocycles. The van der Waals surface area contributed by atoms with Gasteiger partial charge in [0, 0.05) is 30.0 Å². The van der Waals surface area contributed by atoms with Crippen LogP contribution in [-0.4, -0.2) is 21.9 Å². The van der Waals surface area contributed by atoms with E-state index in [1.807, 2.05) is 0 Å². The third-order valence-electron chi connectivity index (χ3n) is 2.71. The Morgan fingerprint density at radius 1 is 1.32 bits per heavy atom. The van der Waals surface area contributed by atoms with Crippen LogP contribution in [0, 0.1) is 5.82 Å². The zero-order chi connectivity index (χ0) is 13.7. The van der Waals surface area contributed by atoms with Gasteiger partial charge in [-0.15, -0.1) is 0 Å². The van der Waals surface area contributed by atoms with Crippen molar-refractivity contribution in [2.24, 2.45) is 0 Å². The number of rotatable bonds is 6. The molecular formula is C13H14ClFN2O2. The van der Waals surface area contributed by atoms with Gasteiger partial charge in [-0.05, 0) is 25.0 Å². The molecule has 102 valence electrons. The number of halogens is 2. The molecule has 1 aromatic carbocycles. The average Bonchev–Trinajstić information content (AvgIpc) is 2.82. The Labute approximate surface area is 115 Å². The summed E-state index contributed by atoms with van der Waals surface area (Å²) >= 11 is 5.93. The maximum absolute atomic E-state index is 13.6. The quantitative estimate of drug-likeness (QED) is 0.829. The van der Waals surface area contributed by atoms with E-state index in [1.165, 1.54) is 6.07 Å². The highest BCUT2D eigenvalue weighted by Gasteiger charge is 2.12. The molecule has 0 aliphatic heterocycles. The molecule has 2 rings (SSSR count). The number of aryl methyl sites for hydroxylation is 1. The van der Waals surface area contributed by atoms with Crippen LogP contribution in [0.3, 0.4) is 0 Å². The van der Waals surface area contributed by atoms with Crippen molar-refractivity contribution in [1.82, 2.24) is 10.1 Å². The van der Waals surface area contributed by atoms with Crippen LogP contribution in [0.25, 0.3) is 0 Å². The number of aromatic nitrogens is 2. The van der Waals surface area contributed by atoms with Gasteiger partial charge in [0.25, 0.3) is 0 Å². The number of aliphatic hydroxyl groups is 1. The summed E-state index contributed by atoms with van der Waals surface area (Å²) < 4.78 is 18.6. The lowest BCUT2D eigenvalue weighted by atomic mass is 10.1. The number of hydrogen-bond donors (Lipinski definition) is 1. The summed E-state index contributed by atoms with van der Waals surface area (Å²) in [5.74, 6) is 0.529. The van der Waals surface area contributed by atoms with Crippen molar-refractivity contribution in [3.63, 3.8) is 0 Å². The molecule has 0 fully saturated rings. The fraction of sp³-hybridized carbons (Fsp3) is 0.385. The lowest BCUT2D eigenvalue weighted by molar-refractivity contribution is 0.280. The second-order valence-electron chi connectivity index (χ2n) is 4.16. The summed E-state index contributed by atoms with van der Waals surface area (Å²) in [6.45, 7) is 0.145. The molecule has 1 heterocycles. The molecule has 4 nitrogen and oxygen atoms in total. The molecular weight excluding hydrogens is 271 g/mol. The summed E-state index contributed by atoms with van der Waals surface area (Å²) in [5.41, 5.74) is 0.367. The third-order valence-corrected chi connectivity index (χ3v) is 3.06. The SMILES string of the molecule is OCCCCc1nc(Cc2c(F)cccc2Cl)no1. The van der Waals surface area contributed by atoms with Crippen LogP contribution in [0.1, 0.15) is 30.1 Å². The van der Waals surface area contributed by atoms with E-state index >= 15 is 0 Å². The van der Waals surface area contributed by atoms with Gasteiger partial charge in [-0.3, -0.25) is 0 Å². The molecule has 1 aromatic heterocycles. The van der Waals surface area contributed by atoms with Crippen molar-refractivity contribution in [3.05, 3.63) is 46.3 Å². The van der Waals surface area contributed by atoms with Gasteiger partial charge in [-0.2, -0.15) is 4.98 Å². The minimum absolute atomic E-state index is 0.145. The Morgan fingerprint density at radius 2 is 2.16 bits per heavy atom. The van der Waals surface area contributed by atoms with Crippen LogP contribution in [0.4, 0.5) is 4.39 Å². The molecule has 0 aliphatic rings. The number of unbranched alkanes of at least 4 members (excludes halogenated alkanes) is 1. The first-order chi connectivity index (χ1) is 9.20. The first-order valence-electron chi connectivity index (χ1n) is 6.06. The average molecular weight is 285 g/mol. The zero-order valence-electron chi connectivity index (χ0n) is 10.3. The van der Waals surface area contributed by atoms with Gasteiger partial charge in [0.1, 0.15) is 5.82 Å². The molecule has 19 heavy (non-hydrogen) atoms.